The van der Waals surface area contributed by atoms with Gasteiger partial charge in [-0.2, -0.15) is 15.0 Å². The maximum Gasteiger partial charge on any atom is 0.284 e. The molecule has 146 valence electrons. The molecule has 29 heavy (non-hydrogen) atoms. The van der Waals surface area contributed by atoms with Crippen LogP contribution in [0.4, 0.5) is 0 Å². The highest BCUT2D eigenvalue weighted by molar-refractivity contribution is 6.30. The first-order valence-corrected chi connectivity index (χ1v) is 9.13. The minimum atomic E-state index is -0.638. The van der Waals surface area contributed by atoms with E-state index in [4.69, 9.17) is 16.9 Å². The van der Waals surface area contributed by atoms with Crippen LogP contribution in [0.1, 0.15) is 22.8 Å². The van der Waals surface area contributed by atoms with Crippen molar-refractivity contribution in [2.45, 2.75) is 13.0 Å². The molecule has 3 aromatic rings. The molecule has 1 amide bonds. The summed E-state index contributed by atoms with van der Waals surface area (Å²) in [6.07, 6.45) is 0. The van der Waals surface area contributed by atoms with Crippen molar-refractivity contribution in [1.82, 2.24) is 15.1 Å². The van der Waals surface area contributed by atoms with Gasteiger partial charge in [-0.1, -0.05) is 29.8 Å². The zero-order chi connectivity index (χ0) is 21.0. The zero-order valence-electron chi connectivity index (χ0n) is 15.5. The molecule has 1 heterocycles. The van der Waals surface area contributed by atoms with Crippen LogP contribution in [0, 0.1) is 11.3 Å². The van der Waals surface area contributed by atoms with Crippen LogP contribution in [-0.4, -0.2) is 33.4 Å². The third-order valence-corrected chi connectivity index (χ3v) is 4.42. The number of halogens is 1. The van der Waals surface area contributed by atoms with Gasteiger partial charge in [0.25, 0.3) is 11.5 Å². The van der Waals surface area contributed by atoms with E-state index in [1.807, 2.05) is 6.07 Å². The molecule has 3 rings (SSSR count). The van der Waals surface area contributed by atoms with Crippen LogP contribution in [-0.2, 0) is 0 Å². The summed E-state index contributed by atoms with van der Waals surface area (Å²) in [4.78, 5) is 25.6. The van der Waals surface area contributed by atoms with Gasteiger partial charge < -0.3 is 10.4 Å². The van der Waals surface area contributed by atoms with E-state index in [0.717, 1.165) is 4.68 Å². The summed E-state index contributed by atoms with van der Waals surface area (Å²) < 4.78 is 1.09. The number of aliphatic hydroxyl groups excluding tert-OH is 1. The highest BCUT2D eigenvalue weighted by Crippen LogP contribution is 2.20. The molecule has 0 fully saturated rings. The number of nitrogens with zero attached hydrogens (tertiary/aromatic N) is 3. The number of nitriles is 1. The van der Waals surface area contributed by atoms with Crippen LogP contribution in [0.2, 0.25) is 5.02 Å². The highest BCUT2D eigenvalue weighted by atomic mass is 35.5. The number of amides is 1. The first-order chi connectivity index (χ1) is 13.9. The molecular weight excluding hydrogens is 392 g/mol. The number of hydrogen-bond donors (Lipinski definition) is 2. The summed E-state index contributed by atoms with van der Waals surface area (Å²) in [5.41, 5.74) is 0.976. The first kappa shape index (κ1) is 20.3. The second-order valence-electron chi connectivity index (χ2n) is 6.39. The molecule has 0 bridgehead atoms. The fourth-order valence-electron chi connectivity index (χ4n) is 2.65. The predicted molar refractivity (Wildman–Crippen MR) is 109 cm³/mol. The Bertz CT molecular complexity index is 1150. The number of carbonyl (C=O) groups excluding carboxylic acids is 1. The van der Waals surface area contributed by atoms with Crippen molar-refractivity contribution in [2.24, 2.45) is 0 Å². The van der Waals surface area contributed by atoms with Gasteiger partial charge in [0.15, 0.2) is 0 Å². The van der Waals surface area contributed by atoms with E-state index < -0.39 is 17.5 Å². The van der Waals surface area contributed by atoms with Gasteiger partial charge in [-0.25, -0.2) is 0 Å². The third kappa shape index (κ3) is 4.51. The van der Waals surface area contributed by atoms with Gasteiger partial charge in [0.05, 0.1) is 29.6 Å². The van der Waals surface area contributed by atoms with Gasteiger partial charge in [0, 0.05) is 16.6 Å². The van der Waals surface area contributed by atoms with E-state index >= 15 is 0 Å². The summed E-state index contributed by atoms with van der Waals surface area (Å²) in [6, 6.07) is 16.1. The third-order valence-electron chi connectivity index (χ3n) is 4.17. The van der Waals surface area contributed by atoms with Crippen molar-refractivity contribution < 1.29 is 9.90 Å². The van der Waals surface area contributed by atoms with Crippen LogP contribution in [0.5, 0.6) is 0 Å². The topological polar surface area (TPSA) is 108 Å². The second kappa shape index (κ2) is 8.69. The molecule has 0 spiro atoms. The van der Waals surface area contributed by atoms with Gasteiger partial charge in [0.2, 0.25) is 0 Å². The monoisotopic (exact) mass is 408 g/mol. The zero-order valence-corrected chi connectivity index (χ0v) is 16.2. The molecule has 0 aliphatic carbocycles. The van der Waals surface area contributed by atoms with Crippen LogP contribution in [0.15, 0.2) is 59.4 Å². The van der Waals surface area contributed by atoms with Crippen molar-refractivity contribution in [1.29, 1.82) is 5.26 Å². The number of benzene rings is 2. The van der Waals surface area contributed by atoms with Gasteiger partial charge >= 0.3 is 0 Å². The second-order valence-corrected chi connectivity index (χ2v) is 6.82. The number of hydrogen-bond acceptors (Lipinski definition) is 5. The van der Waals surface area contributed by atoms with Crippen molar-refractivity contribution in [3.05, 3.63) is 81.1 Å². The lowest BCUT2D eigenvalue weighted by atomic mass is 10.1. The maximum absolute atomic E-state index is 13.0. The molecule has 0 aliphatic rings. The lowest BCUT2D eigenvalue weighted by molar-refractivity contribution is 0.0920. The van der Waals surface area contributed by atoms with Crippen molar-refractivity contribution in [2.75, 3.05) is 6.61 Å². The normalized spacial score (nSPS) is 11.5. The average Bonchev–Trinajstić information content (AvgIpc) is 2.74. The molecule has 0 saturated carbocycles. The van der Waals surface area contributed by atoms with Crippen molar-refractivity contribution >= 4 is 17.5 Å². The quantitative estimate of drug-likeness (QED) is 0.674. The molecule has 0 saturated heterocycles. The molecule has 2 N–H and O–H groups in total. The standard InChI is InChI=1S/C21H17ClN4O3/c1-13(12-27)24-20(28)18-10-19(15-5-7-16(22)8-6-15)25-26(21(18)29)17-4-2-3-14(9-17)11-23/h2-10,13,27H,12H2,1H3,(H,24,28)/t13-/m0/s1. The summed E-state index contributed by atoms with van der Waals surface area (Å²) in [5.74, 6) is -0.626. The molecule has 0 aliphatic heterocycles. The Kier molecular flexibility index (Phi) is 6.07. The SMILES string of the molecule is C[C@@H](CO)NC(=O)c1cc(-c2ccc(Cl)cc2)nn(-c2cccc(C#N)c2)c1=O. The summed E-state index contributed by atoms with van der Waals surface area (Å²) >= 11 is 5.95. The van der Waals surface area contributed by atoms with Crippen LogP contribution < -0.4 is 10.9 Å². The molecule has 0 unspecified atom stereocenters. The predicted octanol–water partition coefficient (Wildman–Crippen LogP) is 2.54. The first-order valence-electron chi connectivity index (χ1n) is 8.75. The number of rotatable bonds is 5. The number of aromatic nitrogens is 2. The lowest BCUT2D eigenvalue weighted by Gasteiger charge is -2.13. The highest BCUT2D eigenvalue weighted by Gasteiger charge is 2.19. The van der Waals surface area contributed by atoms with Crippen LogP contribution in [0.3, 0.4) is 0 Å². The van der Waals surface area contributed by atoms with Crippen LogP contribution >= 0.6 is 11.6 Å². The summed E-state index contributed by atoms with van der Waals surface area (Å²) in [5, 5.41) is 25.8. The molecule has 2 aromatic carbocycles. The molecule has 7 nitrogen and oxygen atoms in total. The Morgan fingerprint density at radius 1 is 1.28 bits per heavy atom. The Balaban J connectivity index is 2.21. The Hall–Kier alpha value is -3.47. The Morgan fingerprint density at radius 2 is 2.00 bits per heavy atom. The minimum Gasteiger partial charge on any atom is -0.394 e. The summed E-state index contributed by atoms with van der Waals surface area (Å²) in [7, 11) is 0. The van der Waals surface area contributed by atoms with Gasteiger partial charge in [-0.15, -0.1) is 0 Å². The van der Waals surface area contributed by atoms with E-state index in [1.54, 1.807) is 49.4 Å². The minimum absolute atomic E-state index is 0.132. The average molecular weight is 409 g/mol. The molecular formula is C21H17ClN4O3. The van der Waals surface area contributed by atoms with E-state index in [-0.39, 0.29) is 12.2 Å². The van der Waals surface area contributed by atoms with Gasteiger partial charge in [0.1, 0.15) is 5.56 Å². The van der Waals surface area contributed by atoms with E-state index in [2.05, 4.69) is 10.4 Å². The Morgan fingerprint density at radius 3 is 2.66 bits per heavy atom. The molecule has 8 heteroatoms. The van der Waals surface area contributed by atoms with Crippen LogP contribution in [0.25, 0.3) is 16.9 Å². The molecule has 0 radical (unpaired) electrons. The number of nitrogens with one attached hydrogen (secondary N) is 1. The Labute approximate surface area is 171 Å². The summed E-state index contributed by atoms with van der Waals surface area (Å²) in [6.45, 7) is 1.35. The smallest absolute Gasteiger partial charge is 0.284 e. The lowest BCUT2D eigenvalue weighted by Crippen LogP contribution is -2.39. The fraction of sp³-hybridized carbons (Fsp3) is 0.143. The van der Waals surface area contributed by atoms with Crippen molar-refractivity contribution in [3.63, 3.8) is 0 Å². The van der Waals surface area contributed by atoms with E-state index in [1.165, 1.54) is 12.1 Å². The molecule has 1 aromatic heterocycles. The van der Waals surface area contributed by atoms with E-state index in [9.17, 15) is 14.7 Å². The maximum atomic E-state index is 13.0. The fourth-order valence-corrected chi connectivity index (χ4v) is 2.77. The van der Waals surface area contributed by atoms with Gasteiger partial charge in [-0.05, 0) is 43.3 Å². The van der Waals surface area contributed by atoms with Gasteiger partial charge in [-0.3, -0.25) is 9.59 Å². The number of carbonyl (C=O) groups is 1. The van der Waals surface area contributed by atoms with E-state index in [0.29, 0.717) is 27.5 Å². The molecule has 1 atom stereocenters. The largest absolute Gasteiger partial charge is 0.394 e. The number of aliphatic hydroxyl groups is 1. The van der Waals surface area contributed by atoms with Crippen molar-refractivity contribution in [3.8, 4) is 23.0 Å².